The fourth-order valence-corrected chi connectivity index (χ4v) is 4.10. The summed E-state index contributed by atoms with van der Waals surface area (Å²) in [5.74, 6) is -1.54. The first kappa shape index (κ1) is 24.4. The van der Waals surface area contributed by atoms with Crippen molar-refractivity contribution < 1.29 is 18.7 Å². The van der Waals surface area contributed by atoms with Crippen LogP contribution in [0.5, 0.6) is 5.75 Å². The van der Waals surface area contributed by atoms with Crippen LogP contribution >= 0.6 is 15.9 Å². The third kappa shape index (κ3) is 6.16. The molecule has 4 aromatic rings. The van der Waals surface area contributed by atoms with Crippen LogP contribution in [0, 0.1) is 11.6 Å². The van der Waals surface area contributed by atoms with Crippen molar-refractivity contribution in [2.24, 2.45) is 0 Å². The standard InChI is InChI=1S/C23H18BrF2N3O2.C2H6/c24-19-2-1-5-27-23(19)21(8-13-6-15(25)10-16(26)7-13)29-22(31)9-14-12-28-20-4-3-17(30)11-18(14)20;1-2/h1-7,10-12,21,28,30H,8-9H2,(H,29,31);1-2H3. The molecule has 0 saturated heterocycles. The van der Waals surface area contributed by atoms with E-state index >= 15 is 0 Å². The highest BCUT2D eigenvalue weighted by molar-refractivity contribution is 9.10. The van der Waals surface area contributed by atoms with E-state index in [-0.39, 0.29) is 24.5 Å². The zero-order valence-corrected chi connectivity index (χ0v) is 19.8. The van der Waals surface area contributed by atoms with Crippen molar-refractivity contribution in [2.75, 3.05) is 0 Å². The van der Waals surface area contributed by atoms with Crippen LogP contribution in [0.4, 0.5) is 8.78 Å². The molecule has 0 saturated carbocycles. The summed E-state index contributed by atoms with van der Waals surface area (Å²) < 4.78 is 28.0. The maximum atomic E-state index is 13.7. The number of halogens is 3. The Balaban J connectivity index is 0.00000149. The number of rotatable bonds is 6. The Hall–Kier alpha value is -3.26. The number of aromatic nitrogens is 2. The number of aromatic amines is 1. The molecule has 1 atom stereocenters. The van der Waals surface area contributed by atoms with E-state index in [1.165, 1.54) is 12.1 Å². The molecule has 1 amide bonds. The van der Waals surface area contributed by atoms with Gasteiger partial charge in [0.25, 0.3) is 0 Å². The molecule has 172 valence electrons. The molecule has 0 aliphatic rings. The van der Waals surface area contributed by atoms with Crippen LogP contribution in [0.3, 0.4) is 0 Å². The van der Waals surface area contributed by atoms with Gasteiger partial charge in [-0.3, -0.25) is 9.78 Å². The minimum atomic E-state index is -0.682. The number of fused-ring (bicyclic) bond motifs is 1. The predicted octanol–water partition coefficient (Wildman–Crippen LogP) is 5.98. The van der Waals surface area contributed by atoms with E-state index in [0.717, 1.165) is 22.5 Å². The van der Waals surface area contributed by atoms with Gasteiger partial charge in [-0.25, -0.2) is 8.78 Å². The zero-order valence-electron chi connectivity index (χ0n) is 18.2. The molecule has 2 heterocycles. The van der Waals surface area contributed by atoms with Gasteiger partial charge in [0.05, 0.1) is 18.2 Å². The van der Waals surface area contributed by atoms with E-state index in [1.54, 1.807) is 42.7 Å². The first-order valence-corrected chi connectivity index (χ1v) is 11.3. The number of hydrogen-bond donors (Lipinski definition) is 3. The molecule has 1 unspecified atom stereocenters. The summed E-state index contributed by atoms with van der Waals surface area (Å²) in [7, 11) is 0. The lowest BCUT2D eigenvalue weighted by molar-refractivity contribution is -0.121. The molecule has 0 fully saturated rings. The van der Waals surface area contributed by atoms with Gasteiger partial charge in [0, 0.05) is 33.8 Å². The Kier molecular flexibility index (Phi) is 8.16. The van der Waals surface area contributed by atoms with E-state index < -0.39 is 17.7 Å². The summed E-state index contributed by atoms with van der Waals surface area (Å²) in [4.78, 5) is 20.3. The van der Waals surface area contributed by atoms with Crippen LogP contribution in [0.25, 0.3) is 10.9 Å². The Bertz CT molecular complexity index is 1240. The summed E-state index contributed by atoms with van der Waals surface area (Å²) >= 11 is 3.44. The van der Waals surface area contributed by atoms with Gasteiger partial charge in [0.1, 0.15) is 17.4 Å². The van der Waals surface area contributed by atoms with Crippen molar-refractivity contribution in [3.63, 3.8) is 0 Å². The topological polar surface area (TPSA) is 78.0 Å². The minimum absolute atomic E-state index is 0.0575. The number of benzene rings is 2. The molecule has 2 aromatic carbocycles. The number of pyridine rings is 1. The average molecular weight is 516 g/mol. The Morgan fingerprint density at radius 1 is 1.15 bits per heavy atom. The predicted molar refractivity (Wildman–Crippen MR) is 128 cm³/mol. The molecule has 0 aliphatic carbocycles. The lowest BCUT2D eigenvalue weighted by Gasteiger charge is -2.20. The molecule has 8 heteroatoms. The van der Waals surface area contributed by atoms with Crippen molar-refractivity contribution >= 4 is 32.7 Å². The lowest BCUT2D eigenvalue weighted by atomic mass is 10.0. The van der Waals surface area contributed by atoms with Crippen LogP contribution in [0.1, 0.15) is 36.7 Å². The molecule has 4 rings (SSSR count). The molecule has 0 bridgehead atoms. The van der Waals surface area contributed by atoms with E-state index in [1.807, 2.05) is 13.8 Å². The highest BCUT2D eigenvalue weighted by Gasteiger charge is 2.21. The van der Waals surface area contributed by atoms with Crippen molar-refractivity contribution in [3.8, 4) is 5.75 Å². The minimum Gasteiger partial charge on any atom is -0.508 e. The summed E-state index contributed by atoms with van der Waals surface area (Å²) in [6.45, 7) is 4.00. The number of aromatic hydroxyl groups is 1. The van der Waals surface area contributed by atoms with Gasteiger partial charge in [-0.1, -0.05) is 13.8 Å². The van der Waals surface area contributed by atoms with Crippen LogP contribution in [0.2, 0.25) is 0 Å². The van der Waals surface area contributed by atoms with Crippen LogP contribution in [-0.2, 0) is 17.6 Å². The number of carbonyl (C=O) groups excluding carboxylic acids is 1. The van der Waals surface area contributed by atoms with Crippen molar-refractivity contribution in [3.05, 3.63) is 93.9 Å². The van der Waals surface area contributed by atoms with E-state index in [4.69, 9.17) is 0 Å². The number of nitrogens with zero attached hydrogens (tertiary/aromatic N) is 1. The number of H-pyrrole nitrogens is 1. The van der Waals surface area contributed by atoms with Gasteiger partial charge in [0.2, 0.25) is 5.91 Å². The molecular weight excluding hydrogens is 492 g/mol. The van der Waals surface area contributed by atoms with Gasteiger partial charge in [-0.2, -0.15) is 0 Å². The van der Waals surface area contributed by atoms with Crippen molar-refractivity contribution in [1.29, 1.82) is 0 Å². The summed E-state index contributed by atoms with van der Waals surface area (Å²) in [5, 5.41) is 13.4. The lowest BCUT2D eigenvalue weighted by Crippen LogP contribution is -2.32. The monoisotopic (exact) mass is 515 g/mol. The smallest absolute Gasteiger partial charge is 0.225 e. The fraction of sp³-hybridized carbons (Fsp3) is 0.200. The van der Waals surface area contributed by atoms with Gasteiger partial charge in [-0.15, -0.1) is 0 Å². The molecule has 33 heavy (non-hydrogen) atoms. The SMILES string of the molecule is CC.O=C(Cc1c[nH]c2ccc(O)cc12)NC(Cc1cc(F)cc(F)c1)c1ncccc1Br. The number of phenolic OH excluding ortho intramolecular Hbond substituents is 1. The molecule has 0 spiro atoms. The normalized spacial score (nSPS) is 11.5. The Labute approximate surface area is 199 Å². The third-order valence-electron chi connectivity index (χ3n) is 4.92. The van der Waals surface area contributed by atoms with Gasteiger partial charge >= 0.3 is 0 Å². The summed E-state index contributed by atoms with van der Waals surface area (Å²) in [5.41, 5.74) is 2.48. The molecule has 2 aromatic heterocycles. The van der Waals surface area contributed by atoms with Crippen LogP contribution in [-0.4, -0.2) is 21.0 Å². The summed E-state index contributed by atoms with van der Waals surface area (Å²) in [6, 6.07) is 11.1. The van der Waals surface area contributed by atoms with E-state index in [2.05, 4.69) is 31.2 Å². The first-order chi connectivity index (χ1) is 15.9. The molecule has 3 N–H and O–H groups in total. The molecule has 0 aliphatic heterocycles. The van der Waals surface area contributed by atoms with Gasteiger partial charge < -0.3 is 15.4 Å². The molecular formula is C25H24BrF2N3O2. The highest BCUT2D eigenvalue weighted by Crippen LogP contribution is 2.26. The number of hydrogen-bond acceptors (Lipinski definition) is 3. The Morgan fingerprint density at radius 2 is 1.88 bits per heavy atom. The second-order valence-corrected chi connectivity index (χ2v) is 8.05. The van der Waals surface area contributed by atoms with Gasteiger partial charge in [0.15, 0.2) is 0 Å². The zero-order chi connectivity index (χ0) is 24.0. The van der Waals surface area contributed by atoms with Crippen molar-refractivity contribution in [2.45, 2.75) is 32.7 Å². The van der Waals surface area contributed by atoms with E-state index in [0.29, 0.717) is 15.7 Å². The summed E-state index contributed by atoms with van der Waals surface area (Å²) in [6.07, 6.45) is 3.53. The van der Waals surface area contributed by atoms with E-state index in [9.17, 15) is 18.7 Å². The largest absolute Gasteiger partial charge is 0.508 e. The number of phenols is 1. The number of carbonyl (C=O) groups is 1. The fourth-order valence-electron chi connectivity index (χ4n) is 3.57. The second kappa shape index (κ2) is 11.0. The second-order valence-electron chi connectivity index (χ2n) is 7.19. The van der Waals surface area contributed by atoms with Gasteiger partial charge in [-0.05, 0) is 75.9 Å². The molecule has 5 nitrogen and oxygen atoms in total. The van der Waals surface area contributed by atoms with Crippen molar-refractivity contribution in [1.82, 2.24) is 15.3 Å². The maximum Gasteiger partial charge on any atom is 0.225 e. The van der Waals surface area contributed by atoms with Crippen LogP contribution < -0.4 is 5.32 Å². The van der Waals surface area contributed by atoms with Crippen LogP contribution in [0.15, 0.2) is 65.4 Å². The quantitative estimate of drug-likeness (QED) is 0.295. The number of amides is 1. The Morgan fingerprint density at radius 3 is 2.58 bits per heavy atom. The average Bonchev–Trinajstić information content (AvgIpc) is 3.16. The maximum absolute atomic E-state index is 13.7. The number of nitrogens with one attached hydrogen (secondary N) is 2. The third-order valence-corrected chi connectivity index (χ3v) is 5.59. The first-order valence-electron chi connectivity index (χ1n) is 10.5. The molecule has 0 radical (unpaired) electrons. The highest BCUT2D eigenvalue weighted by atomic mass is 79.9.